The third-order valence-electron chi connectivity index (χ3n) is 3.24. The highest BCUT2D eigenvalue weighted by atomic mass is 35.5. The molecule has 0 atom stereocenters. The molecular formula is C17H17ClO3. The van der Waals surface area contributed by atoms with Crippen molar-refractivity contribution in [2.45, 2.75) is 20.5 Å². The molecule has 0 unspecified atom stereocenters. The van der Waals surface area contributed by atoms with Crippen molar-refractivity contribution in [3.63, 3.8) is 0 Å². The van der Waals surface area contributed by atoms with Crippen molar-refractivity contribution in [3.05, 3.63) is 57.6 Å². The number of methoxy groups -OCH3 is 1. The number of aryl methyl sites for hydroxylation is 2. The summed E-state index contributed by atoms with van der Waals surface area (Å²) in [6.45, 7) is 4.21. The molecule has 0 bridgehead atoms. The third kappa shape index (κ3) is 3.56. The molecule has 0 aromatic heterocycles. The van der Waals surface area contributed by atoms with Gasteiger partial charge in [0.2, 0.25) is 0 Å². The second-order valence-electron chi connectivity index (χ2n) is 4.85. The van der Waals surface area contributed by atoms with Gasteiger partial charge in [-0.2, -0.15) is 0 Å². The normalized spacial score (nSPS) is 10.3. The zero-order valence-corrected chi connectivity index (χ0v) is 13.0. The van der Waals surface area contributed by atoms with Crippen LogP contribution in [0.4, 0.5) is 0 Å². The van der Waals surface area contributed by atoms with Gasteiger partial charge in [-0.25, -0.2) is 0 Å². The van der Waals surface area contributed by atoms with Gasteiger partial charge in [0.1, 0.15) is 24.4 Å². The zero-order chi connectivity index (χ0) is 15.4. The van der Waals surface area contributed by atoms with Gasteiger partial charge >= 0.3 is 0 Å². The lowest BCUT2D eigenvalue weighted by Gasteiger charge is -2.12. The lowest BCUT2D eigenvalue weighted by molar-refractivity contribution is 0.112. The minimum atomic E-state index is 0.325. The van der Waals surface area contributed by atoms with E-state index >= 15 is 0 Å². The molecule has 2 aromatic rings. The van der Waals surface area contributed by atoms with Crippen LogP contribution in [0.2, 0.25) is 5.02 Å². The summed E-state index contributed by atoms with van der Waals surface area (Å²) in [4.78, 5) is 10.9. The van der Waals surface area contributed by atoms with Crippen molar-refractivity contribution in [3.8, 4) is 11.5 Å². The SMILES string of the molecule is COc1ccc(C=O)cc1COc1cc(C)c(Cl)c(C)c1. The lowest BCUT2D eigenvalue weighted by Crippen LogP contribution is -2.00. The lowest BCUT2D eigenvalue weighted by atomic mass is 10.1. The number of carbonyl (C=O) groups is 1. The van der Waals surface area contributed by atoms with Crippen LogP contribution in [-0.4, -0.2) is 13.4 Å². The van der Waals surface area contributed by atoms with Crippen molar-refractivity contribution in [2.75, 3.05) is 7.11 Å². The maximum absolute atomic E-state index is 10.9. The van der Waals surface area contributed by atoms with E-state index in [1.54, 1.807) is 25.3 Å². The summed E-state index contributed by atoms with van der Waals surface area (Å²) in [6, 6.07) is 9.03. The molecule has 0 N–H and O–H groups in total. The average Bonchev–Trinajstić information content (AvgIpc) is 2.50. The molecule has 0 aliphatic heterocycles. The summed E-state index contributed by atoms with van der Waals surface area (Å²) in [5.41, 5.74) is 3.37. The van der Waals surface area contributed by atoms with E-state index in [-0.39, 0.29) is 0 Å². The number of benzene rings is 2. The first-order chi connectivity index (χ1) is 10.0. The number of aldehydes is 1. The first-order valence-corrected chi connectivity index (χ1v) is 6.94. The molecule has 0 aliphatic carbocycles. The van der Waals surface area contributed by atoms with Crippen LogP contribution < -0.4 is 9.47 Å². The Balaban J connectivity index is 2.21. The van der Waals surface area contributed by atoms with E-state index in [0.717, 1.165) is 33.7 Å². The molecule has 0 saturated heterocycles. The number of halogens is 1. The Morgan fingerprint density at radius 1 is 1.14 bits per heavy atom. The Morgan fingerprint density at radius 2 is 1.81 bits per heavy atom. The molecular weight excluding hydrogens is 288 g/mol. The molecule has 0 radical (unpaired) electrons. The van der Waals surface area contributed by atoms with Crippen LogP contribution in [-0.2, 0) is 6.61 Å². The fourth-order valence-corrected chi connectivity index (χ4v) is 2.24. The highest BCUT2D eigenvalue weighted by Gasteiger charge is 2.07. The minimum absolute atomic E-state index is 0.325. The summed E-state index contributed by atoms with van der Waals surface area (Å²) in [6.07, 6.45) is 0.805. The van der Waals surface area contributed by atoms with Crippen LogP contribution >= 0.6 is 11.6 Å². The predicted molar refractivity (Wildman–Crippen MR) is 83.6 cm³/mol. The van der Waals surface area contributed by atoms with E-state index in [2.05, 4.69) is 0 Å². The molecule has 0 amide bonds. The van der Waals surface area contributed by atoms with Gasteiger partial charge in [-0.1, -0.05) is 11.6 Å². The highest BCUT2D eigenvalue weighted by Crippen LogP contribution is 2.27. The van der Waals surface area contributed by atoms with Crippen LogP contribution in [0, 0.1) is 13.8 Å². The fraction of sp³-hybridized carbons (Fsp3) is 0.235. The summed E-state index contributed by atoms with van der Waals surface area (Å²) < 4.78 is 11.1. The zero-order valence-electron chi connectivity index (χ0n) is 12.3. The summed E-state index contributed by atoms with van der Waals surface area (Å²) in [5.74, 6) is 1.44. The standard InChI is InChI=1S/C17H17ClO3/c1-11-6-15(7-12(2)17(11)18)21-10-14-8-13(9-19)4-5-16(14)20-3/h4-9H,10H2,1-3H3. The van der Waals surface area contributed by atoms with Crippen molar-refractivity contribution in [2.24, 2.45) is 0 Å². The Bertz CT molecular complexity index is 642. The average molecular weight is 305 g/mol. The van der Waals surface area contributed by atoms with Gasteiger partial charge in [0.05, 0.1) is 7.11 Å². The Labute approximate surface area is 129 Å². The molecule has 4 heteroatoms. The second kappa shape index (κ2) is 6.64. The second-order valence-corrected chi connectivity index (χ2v) is 5.23. The van der Waals surface area contributed by atoms with Crippen LogP contribution in [0.3, 0.4) is 0 Å². The van der Waals surface area contributed by atoms with Gasteiger partial charge in [0.15, 0.2) is 0 Å². The van der Waals surface area contributed by atoms with E-state index < -0.39 is 0 Å². The quantitative estimate of drug-likeness (QED) is 0.770. The van der Waals surface area contributed by atoms with E-state index in [1.165, 1.54) is 0 Å². The van der Waals surface area contributed by atoms with Gasteiger partial charge in [-0.15, -0.1) is 0 Å². The first kappa shape index (κ1) is 15.4. The number of hydrogen-bond donors (Lipinski definition) is 0. The van der Waals surface area contributed by atoms with Gasteiger partial charge in [0.25, 0.3) is 0 Å². The number of rotatable bonds is 5. The van der Waals surface area contributed by atoms with Gasteiger partial charge in [-0.3, -0.25) is 4.79 Å². The molecule has 0 saturated carbocycles. The van der Waals surface area contributed by atoms with E-state index in [9.17, 15) is 4.79 Å². The molecule has 110 valence electrons. The fourth-order valence-electron chi connectivity index (χ4n) is 2.14. The molecule has 0 aliphatic rings. The first-order valence-electron chi connectivity index (χ1n) is 6.56. The highest BCUT2D eigenvalue weighted by molar-refractivity contribution is 6.32. The molecule has 2 aromatic carbocycles. The van der Waals surface area contributed by atoms with Crippen molar-refractivity contribution >= 4 is 17.9 Å². The monoisotopic (exact) mass is 304 g/mol. The number of ether oxygens (including phenoxy) is 2. The van der Waals surface area contributed by atoms with Crippen molar-refractivity contribution in [1.82, 2.24) is 0 Å². The molecule has 0 heterocycles. The van der Waals surface area contributed by atoms with Crippen molar-refractivity contribution in [1.29, 1.82) is 0 Å². The number of carbonyl (C=O) groups excluding carboxylic acids is 1. The molecule has 0 spiro atoms. The van der Waals surface area contributed by atoms with Gasteiger partial charge < -0.3 is 9.47 Å². The largest absolute Gasteiger partial charge is 0.496 e. The summed E-state index contributed by atoms with van der Waals surface area (Å²) in [5, 5.41) is 0.753. The Kier molecular flexibility index (Phi) is 4.86. The summed E-state index contributed by atoms with van der Waals surface area (Å²) >= 11 is 6.14. The minimum Gasteiger partial charge on any atom is -0.496 e. The molecule has 21 heavy (non-hydrogen) atoms. The maximum Gasteiger partial charge on any atom is 0.150 e. The van der Waals surface area contributed by atoms with Gasteiger partial charge in [0, 0.05) is 16.1 Å². The van der Waals surface area contributed by atoms with Crippen LogP contribution in [0.1, 0.15) is 27.0 Å². The predicted octanol–water partition coefficient (Wildman–Crippen LogP) is 4.36. The van der Waals surface area contributed by atoms with E-state index in [0.29, 0.717) is 17.9 Å². The van der Waals surface area contributed by atoms with Crippen LogP contribution in [0.25, 0.3) is 0 Å². The smallest absolute Gasteiger partial charge is 0.150 e. The van der Waals surface area contributed by atoms with Crippen LogP contribution in [0.15, 0.2) is 30.3 Å². The topological polar surface area (TPSA) is 35.5 Å². The van der Waals surface area contributed by atoms with Gasteiger partial charge in [-0.05, 0) is 55.3 Å². The Hall–Kier alpha value is -2.00. The molecule has 3 nitrogen and oxygen atoms in total. The van der Waals surface area contributed by atoms with Crippen molar-refractivity contribution < 1.29 is 14.3 Å². The number of hydrogen-bond acceptors (Lipinski definition) is 3. The van der Waals surface area contributed by atoms with E-state index in [1.807, 2.05) is 26.0 Å². The van der Waals surface area contributed by atoms with Crippen LogP contribution in [0.5, 0.6) is 11.5 Å². The molecule has 2 rings (SSSR count). The summed E-state index contributed by atoms with van der Waals surface area (Å²) in [7, 11) is 1.59. The Morgan fingerprint density at radius 3 is 2.38 bits per heavy atom. The van der Waals surface area contributed by atoms with E-state index in [4.69, 9.17) is 21.1 Å². The molecule has 0 fully saturated rings. The maximum atomic E-state index is 10.9. The third-order valence-corrected chi connectivity index (χ3v) is 3.84.